The normalized spacial score (nSPS) is 30.8. The summed E-state index contributed by atoms with van der Waals surface area (Å²) >= 11 is 0. The summed E-state index contributed by atoms with van der Waals surface area (Å²) in [4.78, 5) is 13.3. The zero-order chi connectivity index (χ0) is 56.2. The van der Waals surface area contributed by atoms with Crippen molar-refractivity contribution < 1.29 is 89.4 Å². The van der Waals surface area contributed by atoms with E-state index >= 15 is 0 Å². The van der Waals surface area contributed by atoms with E-state index in [1.54, 1.807) is 0 Å². The zero-order valence-electron chi connectivity index (χ0n) is 46.9. The second kappa shape index (κ2) is 42.1. The molecule has 1 amide bonds. The molecule has 17 atom stereocenters. The van der Waals surface area contributed by atoms with E-state index in [-0.39, 0.29) is 18.9 Å². The monoisotopic (exact) mass is 1110 g/mol. The first kappa shape index (κ1) is 69.5. The topological polar surface area (TPSA) is 307 Å². The molecule has 19 nitrogen and oxygen atoms in total. The third kappa shape index (κ3) is 26.4. The second-order valence-electron chi connectivity index (χ2n) is 21.8. The quantitative estimate of drug-likeness (QED) is 0.0277. The Morgan fingerprint density at radius 1 is 0.468 bits per heavy atom. The maximum Gasteiger partial charge on any atom is 0.220 e. The van der Waals surface area contributed by atoms with Gasteiger partial charge in [0.25, 0.3) is 0 Å². The Labute approximate surface area is 460 Å². The summed E-state index contributed by atoms with van der Waals surface area (Å²) in [5.74, 6) is -0.251. The summed E-state index contributed by atoms with van der Waals surface area (Å²) < 4.78 is 34.3. The highest BCUT2D eigenvalue weighted by molar-refractivity contribution is 5.76. The van der Waals surface area contributed by atoms with Gasteiger partial charge in [-0.25, -0.2) is 0 Å². The van der Waals surface area contributed by atoms with Gasteiger partial charge in [-0.15, -0.1) is 0 Å². The molecule has 3 aliphatic rings. The van der Waals surface area contributed by atoms with Crippen LogP contribution in [0.2, 0.25) is 0 Å². The van der Waals surface area contributed by atoms with Gasteiger partial charge < -0.3 is 89.9 Å². The lowest BCUT2D eigenvalue weighted by atomic mass is 9.96. The van der Waals surface area contributed by atoms with Gasteiger partial charge in [0.15, 0.2) is 18.9 Å². The van der Waals surface area contributed by atoms with E-state index in [9.17, 15) is 61.0 Å². The minimum Gasteiger partial charge on any atom is -0.394 e. The molecule has 0 radical (unpaired) electrons. The molecular weight excluding hydrogens is 999 g/mol. The summed E-state index contributed by atoms with van der Waals surface area (Å²) in [5.41, 5.74) is 0. The number of carbonyl (C=O) groups is 1. The number of aliphatic hydroxyl groups is 11. The standard InChI is InChI=1S/C58H107NO18/c1-3-5-7-9-11-13-15-17-19-20-21-22-24-26-28-30-32-34-36-46(64)59-41(42(63)35-33-31-29-27-25-23-18-16-14-12-10-8-6-4-2)40-72-56-52(70)49(67)54(44(38-61)74-56)77-58-53(71)50(68)55(45(39-62)75-58)76-57-51(69)48(66)47(65)43(37-60)73-57/h13,15,19-20,41-45,47-58,60-63,65-71H,3-12,14,16-18,21-40H2,1-2H3,(H,59,64)/b15-13-,20-19-. The van der Waals surface area contributed by atoms with E-state index in [2.05, 4.69) is 43.5 Å². The predicted octanol–water partition coefficient (Wildman–Crippen LogP) is 5.15. The number of ether oxygens (including phenoxy) is 6. The van der Waals surface area contributed by atoms with Crippen molar-refractivity contribution in [3.63, 3.8) is 0 Å². The summed E-state index contributed by atoms with van der Waals surface area (Å²) in [6.45, 7) is 1.76. The number of hydrogen-bond donors (Lipinski definition) is 12. The van der Waals surface area contributed by atoms with Crippen molar-refractivity contribution in [1.29, 1.82) is 0 Å². The van der Waals surface area contributed by atoms with Crippen LogP contribution in [-0.4, -0.2) is 193 Å². The molecule has 452 valence electrons. The summed E-state index contributed by atoms with van der Waals surface area (Å²) in [5, 5.41) is 120. The highest BCUT2D eigenvalue weighted by Gasteiger charge is 2.53. The van der Waals surface area contributed by atoms with Crippen LogP contribution >= 0.6 is 0 Å². The molecule has 3 rings (SSSR count). The molecule has 3 aliphatic heterocycles. The van der Waals surface area contributed by atoms with Gasteiger partial charge in [0.05, 0.1) is 38.6 Å². The third-order valence-corrected chi connectivity index (χ3v) is 15.3. The third-order valence-electron chi connectivity index (χ3n) is 15.3. The van der Waals surface area contributed by atoms with E-state index in [1.807, 2.05) is 0 Å². The van der Waals surface area contributed by atoms with Gasteiger partial charge in [0, 0.05) is 6.42 Å². The first-order chi connectivity index (χ1) is 37.3. The zero-order valence-corrected chi connectivity index (χ0v) is 46.9. The van der Waals surface area contributed by atoms with Crippen molar-refractivity contribution in [1.82, 2.24) is 5.32 Å². The first-order valence-electron chi connectivity index (χ1n) is 30.1. The number of aliphatic hydroxyl groups excluding tert-OH is 11. The largest absolute Gasteiger partial charge is 0.394 e. The molecule has 0 aromatic rings. The lowest BCUT2D eigenvalue weighted by Crippen LogP contribution is -2.66. The lowest BCUT2D eigenvalue weighted by Gasteiger charge is -2.48. The Hall–Kier alpha value is -1.73. The fraction of sp³-hybridized carbons (Fsp3) is 0.914. The van der Waals surface area contributed by atoms with Gasteiger partial charge in [-0.2, -0.15) is 0 Å². The van der Waals surface area contributed by atoms with Gasteiger partial charge in [-0.1, -0.05) is 179 Å². The Kier molecular flexibility index (Phi) is 38.1. The molecule has 0 spiro atoms. The van der Waals surface area contributed by atoms with E-state index < -0.39 is 124 Å². The van der Waals surface area contributed by atoms with Gasteiger partial charge in [0.1, 0.15) is 73.2 Å². The molecule has 17 unspecified atom stereocenters. The first-order valence-corrected chi connectivity index (χ1v) is 30.1. The minimum atomic E-state index is -1.97. The van der Waals surface area contributed by atoms with Crippen LogP contribution in [0.25, 0.3) is 0 Å². The van der Waals surface area contributed by atoms with Crippen LogP contribution in [0.15, 0.2) is 24.3 Å². The lowest BCUT2D eigenvalue weighted by molar-refractivity contribution is -0.379. The minimum absolute atomic E-state index is 0.251. The second-order valence-corrected chi connectivity index (χ2v) is 21.8. The molecule has 0 aliphatic carbocycles. The molecule has 0 aromatic carbocycles. The van der Waals surface area contributed by atoms with Gasteiger partial charge in [0.2, 0.25) is 5.91 Å². The molecule has 0 aromatic heterocycles. The van der Waals surface area contributed by atoms with Gasteiger partial charge in [-0.3, -0.25) is 4.79 Å². The smallest absolute Gasteiger partial charge is 0.220 e. The van der Waals surface area contributed by atoms with Crippen molar-refractivity contribution in [3.8, 4) is 0 Å². The van der Waals surface area contributed by atoms with Crippen LogP contribution in [0.3, 0.4) is 0 Å². The molecule has 3 fully saturated rings. The van der Waals surface area contributed by atoms with Crippen LogP contribution < -0.4 is 5.32 Å². The number of hydrogen-bond acceptors (Lipinski definition) is 18. The Morgan fingerprint density at radius 3 is 1.34 bits per heavy atom. The number of carbonyl (C=O) groups excluding carboxylic acids is 1. The van der Waals surface area contributed by atoms with Crippen LogP contribution in [0.4, 0.5) is 0 Å². The number of unbranched alkanes of at least 4 members (excludes halogenated alkanes) is 24. The maximum absolute atomic E-state index is 13.3. The summed E-state index contributed by atoms with van der Waals surface area (Å²) in [6, 6.07) is -0.889. The molecule has 0 bridgehead atoms. The molecule has 19 heteroatoms. The Bertz CT molecular complexity index is 1510. The predicted molar refractivity (Wildman–Crippen MR) is 291 cm³/mol. The summed E-state index contributed by atoms with van der Waals surface area (Å²) in [7, 11) is 0. The molecule has 0 saturated carbocycles. The fourth-order valence-electron chi connectivity index (χ4n) is 10.3. The van der Waals surface area contributed by atoms with E-state index in [4.69, 9.17) is 28.4 Å². The van der Waals surface area contributed by atoms with E-state index in [0.29, 0.717) is 12.8 Å². The molecule has 77 heavy (non-hydrogen) atoms. The van der Waals surface area contributed by atoms with Gasteiger partial charge >= 0.3 is 0 Å². The molecule has 12 N–H and O–H groups in total. The van der Waals surface area contributed by atoms with Crippen LogP contribution in [0.5, 0.6) is 0 Å². The average Bonchev–Trinajstić information content (AvgIpc) is 3.42. The maximum atomic E-state index is 13.3. The van der Waals surface area contributed by atoms with Crippen molar-refractivity contribution in [2.75, 3.05) is 26.4 Å². The molecule has 3 saturated heterocycles. The number of nitrogens with one attached hydrogen (secondary N) is 1. The number of rotatable bonds is 44. The highest BCUT2D eigenvalue weighted by atomic mass is 16.8. The highest BCUT2D eigenvalue weighted by Crippen LogP contribution is 2.33. The van der Waals surface area contributed by atoms with Crippen LogP contribution in [0, 0.1) is 0 Å². The summed E-state index contributed by atoms with van der Waals surface area (Å²) in [6.07, 6.45) is 15.4. The molecule has 3 heterocycles. The fourth-order valence-corrected chi connectivity index (χ4v) is 10.3. The Balaban J connectivity index is 1.50. The van der Waals surface area contributed by atoms with Crippen molar-refractivity contribution in [2.24, 2.45) is 0 Å². The van der Waals surface area contributed by atoms with Crippen LogP contribution in [-0.2, 0) is 33.2 Å². The van der Waals surface area contributed by atoms with E-state index in [1.165, 1.54) is 103 Å². The average molecular weight is 1110 g/mol. The van der Waals surface area contributed by atoms with Crippen molar-refractivity contribution in [3.05, 3.63) is 24.3 Å². The SMILES string of the molecule is CCCCCC/C=C\C/C=C\CCCCCCCCCC(=O)NC(COC1OC(CO)C(OC2OC(CO)C(OC3OC(CO)C(O)C(O)C3O)C(O)C2O)C(O)C1O)C(O)CCCCCCCCCCCCCCCC. The van der Waals surface area contributed by atoms with E-state index in [0.717, 1.165) is 70.6 Å². The number of amides is 1. The number of allylic oxidation sites excluding steroid dienone is 4. The van der Waals surface area contributed by atoms with Gasteiger partial charge in [-0.05, 0) is 44.9 Å². The van der Waals surface area contributed by atoms with Crippen molar-refractivity contribution in [2.45, 2.75) is 311 Å². The van der Waals surface area contributed by atoms with Crippen LogP contribution in [0.1, 0.15) is 206 Å². The Morgan fingerprint density at radius 2 is 0.857 bits per heavy atom. The molecular formula is C58H107NO18. The van der Waals surface area contributed by atoms with Crippen molar-refractivity contribution >= 4 is 5.91 Å².